The number of aromatic hydroxyl groups is 1. The third-order valence-electron chi connectivity index (χ3n) is 11.0. The number of aliphatic hydroxyl groups is 3. The molecule has 3 aromatic carbocycles. The fourth-order valence-electron chi connectivity index (χ4n) is 9.04. The number of benzene rings is 3. The van der Waals surface area contributed by atoms with E-state index < -0.39 is 56.8 Å². The molecule has 0 aromatic heterocycles. The number of hydrogen-bond donors (Lipinski definition) is 4. The maximum absolute atomic E-state index is 14.4. The van der Waals surface area contributed by atoms with Gasteiger partial charge in [-0.2, -0.15) is 0 Å². The molecule has 0 bridgehead atoms. The van der Waals surface area contributed by atoms with E-state index in [2.05, 4.69) is 0 Å². The molecule has 7 nitrogen and oxygen atoms in total. The van der Waals surface area contributed by atoms with E-state index in [1.54, 1.807) is 45.9 Å². The van der Waals surface area contributed by atoms with Crippen molar-refractivity contribution in [2.24, 2.45) is 22.7 Å². The highest BCUT2D eigenvalue weighted by Gasteiger charge is 2.71. The van der Waals surface area contributed by atoms with Gasteiger partial charge in [-0.1, -0.05) is 70.2 Å². The van der Waals surface area contributed by atoms with Gasteiger partial charge in [-0.05, 0) is 91.0 Å². The van der Waals surface area contributed by atoms with Crippen LogP contribution in [0.5, 0.6) is 5.75 Å². The van der Waals surface area contributed by atoms with Gasteiger partial charge in [0.1, 0.15) is 28.7 Å². The van der Waals surface area contributed by atoms with Crippen molar-refractivity contribution in [1.82, 2.24) is 0 Å². The van der Waals surface area contributed by atoms with Gasteiger partial charge in [0.15, 0.2) is 17.2 Å². The summed E-state index contributed by atoms with van der Waals surface area (Å²) in [7, 11) is 0. The number of aryl methyl sites for hydroxylation is 2. The number of aliphatic hydroxyl groups excluding tert-OH is 2. The van der Waals surface area contributed by atoms with Crippen LogP contribution in [0.25, 0.3) is 11.1 Å². The first-order valence-electron chi connectivity index (χ1n) is 16.4. The fourth-order valence-corrected chi connectivity index (χ4v) is 9.04. The van der Waals surface area contributed by atoms with Crippen molar-refractivity contribution in [3.63, 3.8) is 0 Å². The molecular weight excluding hydrogens is 611 g/mol. The number of phenolic OH excluding ortho intramolecular Hbond substituents is 1. The molecule has 3 aromatic rings. The summed E-state index contributed by atoms with van der Waals surface area (Å²) in [6.45, 7) is 8.15. The van der Waals surface area contributed by atoms with E-state index in [4.69, 9.17) is 0 Å². The normalized spacial score (nSPS) is 26.8. The number of phenols is 1. The quantitative estimate of drug-likeness (QED) is 0.197. The monoisotopic (exact) mass is 652 g/mol. The second-order valence-corrected chi connectivity index (χ2v) is 14.6. The summed E-state index contributed by atoms with van der Waals surface area (Å²) in [5.74, 6) is -5.58. The average molecular weight is 653 g/mol. The molecule has 0 saturated heterocycles. The molecule has 6 rings (SSSR count). The third kappa shape index (κ3) is 4.83. The van der Waals surface area contributed by atoms with Gasteiger partial charge >= 0.3 is 0 Å². The first kappa shape index (κ1) is 33.3. The van der Waals surface area contributed by atoms with Crippen LogP contribution in [0.15, 0.2) is 83.3 Å². The van der Waals surface area contributed by atoms with E-state index in [0.717, 1.165) is 48.4 Å². The summed E-state index contributed by atoms with van der Waals surface area (Å²) in [5.41, 5.74) is -1.80. The lowest BCUT2D eigenvalue weighted by molar-refractivity contribution is -0.171. The van der Waals surface area contributed by atoms with Gasteiger partial charge in [0.2, 0.25) is 5.78 Å². The smallest absolute Gasteiger partial charge is 0.209 e. The minimum Gasteiger partial charge on any atom is -0.511 e. The van der Waals surface area contributed by atoms with E-state index in [-0.39, 0.29) is 41.5 Å². The number of halogens is 1. The predicted molar refractivity (Wildman–Crippen MR) is 179 cm³/mol. The molecule has 250 valence electrons. The molecule has 0 spiro atoms. The lowest BCUT2D eigenvalue weighted by Crippen LogP contribution is -2.67. The number of rotatable bonds is 7. The topological polar surface area (TPSA) is 132 Å². The van der Waals surface area contributed by atoms with E-state index in [0.29, 0.717) is 5.56 Å². The number of allylic oxidation sites excluding steroid dienone is 2. The van der Waals surface area contributed by atoms with Crippen molar-refractivity contribution in [2.75, 3.05) is 0 Å². The largest absolute Gasteiger partial charge is 0.511 e. The van der Waals surface area contributed by atoms with Crippen LogP contribution >= 0.6 is 0 Å². The lowest BCUT2D eigenvalue weighted by atomic mass is 9.44. The molecule has 1 unspecified atom stereocenters. The van der Waals surface area contributed by atoms with Gasteiger partial charge < -0.3 is 20.4 Å². The number of carbonyl (C=O) groups is 3. The number of fused-ring (bicyclic) bond motifs is 3. The molecule has 48 heavy (non-hydrogen) atoms. The molecular formula is C40H41FO7. The van der Waals surface area contributed by atoms with E-state index in [1.807, 2.05) is 30.3 Å². The van der Waals surface area contributed by atoms with Crippen molar-refractivity contribution < 1.29 is 39.2 Å². The Morgan fingerprint density at radius 1 is 0.958 bits per heavy atom. The summed E-state index contributed by atoms with van der Waals surface area (Å²) in [6.07, 6.45) is 2.60. The van der Waals surface area contributed by atoms with Crippen molar-refractivity contribution in [1.29, 1.82) is 0 Å². The third-order valence-corrected chi connectivity index (χ3v) is 11.0. The summed E-state index contributed by atoms with van der Waals surface area (Å²) in [4.78, 5) is 40.8. The second-order valence-electron chi connectivity index (χ2n) is 14.6. The van der Waals surface area contributed by atoms with Gasteiger partial charge in [-0.3, -0.25) is 14.4 Å². The summed E-state index contributed by atoms with van der Waals surface area (Å²) in [6, 6.07) is 17.7. The standard InChI is InChI=1S/C40H41FO7/c1-21(2)32-34(44)30(22(3)42)36(46)40(48)37(47)33-35(45)31-28(19-38(33,4)20-39(32,40)5)27(16-17-29(31)43)25-14-12-23(13-15-25)8-6-9-24-10-7-11-26(41)18-24/h7,10-18,21,32,43-44,47-48H,6,8-9,19-20H2,1-5H3/t32?,38-,39-,40+/m1/s1. The molecule has 3 aliphatic rings. The lowest BCUT2D eigenvalue weighted by Gasteiger charge is -2.59. The molecule has 0 aliphatic heterocycles. The zero-order valence-corrected chi connectivity index (χ0v) is 27.9. The van der Waals surface area contributed by atoms with Gasteiger partial charge in [-0.25, -0.2) is 4.39 Å². The van der Waals surface area contributed by atoms with Crippen LogP contribution in [0.3, 0.4) is 0 Å². The molecule has 0 fully saturated rings. The van der Waals surface area contributed by atoms with Crippen LogP contribution < -0.4 is 0 Å². The molecule has 0 heterocycles. The Labute approximate surface area is 279 Å². The second kappa shape index (κ2) is 11.5. The van der Waals surface area contributed by atoms with Crippen LogP contribution in [0.1, 0.15) is 74.5 Å². The first-order valence-corrected chi connectivity index (χ1v) is 16.4. The van der Waals surface area contributed by atoms with Crippen molar-refractivity contribution in [2.45, 2.75) is 72.3 Å². The van der Waals surface area contributed by atoms with E-state index in [9.17, 15) is 39.2 Å². The molecule has 8 heteroatoms. The maximum atomic E-state index is 14.4. The van der Waals surface area contributed by atoms with Crippen LogP contribution in [0, 0.1) is 28.5 Å². The van der Waals surface area contributed by atoms with Crippen LogP contribution in [-0.2, 0) is 28.9 Å². The number of Topliss-reactive ketones (excluding diaryl/α,β-unsaturated/α-hetero) is 3. The molecule has 4 N–H and O–H groups in total. The summed E-state index contributed by atoms with van der Waals surface area (Å²) in [5, 5.41) is 46.5. The number of carbonyl (C=O) groups excluding carboxylic acids is 3. The Hall–Kier alpha value is -4.56. The van der Waals surface area contributed by atoms with Crippen LogP contribution in [0.4, 0.5) is 4.39 Å². The maximum Gasteiger partial charge on any atom is 0.209 e. The molecule has 0 saturated carbocycles. The van der Waals surface area contributed by atoms with E-state index in [1.165, 1.54) is 12.1 Å². The Kier molecular flexibility index (Phi) is 8.02. The molecule has 0 amide bonds. The molecule has 3 aliphatic carbocycles. The van der Waals surface area contributed by atoms with Crippen LogP contribution in [-0.4, -0.2) is 43.4 Å². The van der Waals surface area contributed by atoms with Gasteiger partial charge in [0.05, 0.1) is 5.56 Å². The van der Waals surface area contributed by atoms with Gasteiger partial charge in [-0.15, -0.1) is 0 Å². The minimum atomic E-state index is -2.64. The Morgan fingerprint density at radius 2 is 1.62 bits per heavy atom. The summed E-state index contributed by atoms with van der Waals surface area (Å²) < 4.78 is 13.6. The molecule has 0 radical (unpaired) electrons. The Balaban J connectivity index is 1.40. The highest BCUT2D eigenvalue weighted by atomic mass is 19.1. The molecule has 4 atom stereocenters. The zero-order chi connectivity index (χ0) is 34.9. The van der Waals surface area contributed by atoms with Gasteiger partial charge in [0.25, 0.3) is 0 Å². The highest BCUT2D eigenvalue weighted by molar-refractivity contribution is 6.25. The first-order chi connectivity index (χ1) is 22.5. The van der Waals surface area contributed by atoms with Crippen molar-refractivity contribution in [3.05, 3.63) is 111 Å². The Morgan fingerprint density at radius 3 is 2.25 bits per heavy atom. The van der Waals surface area contributed by atoms with Gasteiger partial charge in [0, 0.05) is 22.3 Å². The van der Waals surface area contributed by atoms with E-state index >= 15 is 0 Å². The highest BCUT2D eigenvalue weighted by Crippen LogP contribution is 2.65. The average Bonchev–Trinajstić information content (AvgIpc) is 2.99. The summed E-state index contributed by atoms with van der Waals surface area (Å²) >= 11 is 0. The minimum absolute atomic E-state index is 0.00764. The van der Waals surface area contributed by atoms with Crippen molar-refractivity contribution >= 4 is 17.3 Å². The zero-order valence-electron chi connectivity index (χ0n) is 27.9. The predicted octanol–water partition coefficient (Wildman–Crippen LogP) is 7.33. The number of ketones is 3. The number of hydrogen-bond acceptors (Lipinski definition) is 7. The van der Waals surface area contributed by atoms with Crippen molar-refractivity contribution in [3.8, 4) is 16.9 Å². The SMILES string of the molecule is CC(=O)C1=C(O)C(C(C)C)[C@@]2(C)C[C@@]3(C)Cc4c(-c5ccc(CCCc6cccc(F)c6)cc5)ccc(O)c4C(=O)C3=C(O)[C@@]2(O)C1=O. The van der Waals surface area contributed by atoms with Crippen LogP contribution in [0.2, 0.25) is 0 Å². The fraction of sp³-hybridized carbons (Fsp3) is 0.375. The Bertz CT molecular complexity index is 1940.